The first kappa shape index (κ1) is 11.2. The fourth-order valence-corrected chi connectivity index (χ4v) is 3.92. The summed E-state index contributed by atoms with van der Waals surface area (Å²) in [6.07, 6.45) is 2.80. The van der Waals surface area contributed by atoms with E-state index >= 15 is 0 Å². The second-order valence-electron chi connectivity index (χ2n) is 4.78. The summed E-state index contributed by atoms with van der Waals surface area (Å²) in [4.78, 5) is 0.295. The molecule has 1 aromatic rings. The maximum atomic E-state index is 13.3. The van der Waals surface area contributed by atoms with Gasteiger partial charge in [0.2, 0.25) is 0 Å². The van der Waals surface area contributed by atoms with Gasteiger partial charge in [0.05, 0.1) is 10.6 Å². The first-order valence-corrected chi connectivity index (χ1v) is 7.50. The zero-order chi connectivity index (χ0) is 12.0. The second kappa shape index (κ2) is 3.78. The average Bonchev–Trinajstić information content (AvgIpc) is 3.06. The molecule has 2 aliphatic rings. The minimum Gasteiger partial charge on any atom is -0.307 e. The maximum Gasteiger partial charge on any atom is 0.178 e. The van der Waals surface area contributed by atoms with Gasteiger partial charge in [0, 0.05) is 12.1 Å². The summed E-state index contributed by atoms with van der Waals surface area (Å²) >= 11 is 0. The maximum absolute atomic E-state index is 13.3. The van der Waals surface area contributed by atoms with Gasteiger partial charge in [0.1, 0.15) is 5.82 Å². The van der Waals surface area contributed by atoms with E-state index in [-0.39, 0.29) is 17.6 Å². The number of fused-ring (bicyclic) bond motifs is 1. The van der Waals surface area contributed by atoms with Crippen LogP contribution in [0.15, 0.2) is 23.1 Å². The van der Waals surface area contributed by atoms with Crippen molar-refractivity contribution in [2.24, 2.45) is 0 Å². The molecule has 1 N–H and O–H groups in total. The smallest absolute Gasteiger partial charge is 0.178 e. The Morgan fingerprint density at radius 1 is 1.24 bits per heavy atom. The zero-order valence-corrected chi connectivity index (χ0v) is 10.1. The van der Waals surface area contributed by atoms with Gasteiger partial charge in [-0.15, -0.1) is 0 Å². The van der Waals surface area contributed by atoms with Gasteiger partial charge in [0.25, 0.3) is 0 Å². The molecule has 0 spiro atoms. The van der Waals surface area contributed by atoms with Crippen LogP contribution in [-0.2, 0) is 9.84 Å². The van der Waals surface area contributed by atoms with Crippen molar-refractivity contribution >= 4 is 9.84 Å². The van der Waals surface area contributed by atoms with Crippen molar-refractivity contribution in [1.29, 1.82) is 0 Å². The van der Waals surface area contributed by atoms with Crippen LogP contribution >= 0.6 is 0 Å². The lowest BCUT2D eigenvalue weighted by Crippen LogP contribution is -2.31. The molecule has 0 amide bonds. The van der Waals surface area contributed by atoms with Gasteiger partial charge in [-0.2, -0.15) is 0 Å². The average molecular weight is 255 g/mol. The number of hydrogen-bond donors (Lipinski definition) is 1. The molecule has 3 nitrogen and oxygen atoms in total. The van der Waals surface area contributed by atoms with Crippen LogP contribution in [0.1, 0.15) is 30.9 Å². The van der Waals surface area contributed by atoms with Crippen LogP contribution in [0.2, 0.25) is 0 Å². The largest absolute Gasteiger partial charge is 0.307 e. The van der Waals surface area contributed by atoms with Crippen LogP contribution in [0.3, 0.4) is 0 Å². The summed E-state index contributed by atoms with van der Waals surface area (Å²) in [7, 11) is -3.21. The van der Waals surface area contributed by atoms with Crippen molar-refractivity contribution in [1.82, 2.24) is 5.32 Å². The SMILES string of the molecule is O=S1(=O)CCC(NC2CC2)c2cc(F)ccc21. The lowest BCUT2D eigenvalue weighted by Gasteiger charge is -2.26. The van der Waals surface area contributed by atoms with Crippen LogP contribution in [-0.4, -0.2) is 20.2 Å². The molecule has 0 saturated heterocycles. The van der Waals surface area contributed by atoms with Gasteiger partial charge >= 0.3 is 0 Å². The monoisotopic (exact) mass is 255 g/mol. The molecule has 92 valence electrons. The summed E-state index contributed by atoms with van der Waals surface area (Å²) in [5.74, 6) is -0.223. The molecule has 0 radical (unpaired) electrons. The van der Waals surface area contributed by atoms with Crippen LogP contribution < -0.4 is 5.32 Å². The zero-order valence-electron chi connectivity index (χ0n) is 9.32. The molecule has 3 rings (SSSR count). The van der Waals surface area contributed by atoms with Gasteiger partial charge in [-0.1, -0.05) is 0 Å². The molecule has 17 heavy (non-hydrogen) atoms. The molecule has 1 fully saturated rings. The van der Waals surface area contributed by atoms with Gasteiger partial charge in [-0.05, 0) is 43.0 Å². The topological polar surface area (TPSA) is 46.2 Å². The molecule has 1 saturated carbocycles. The van der Waals surface area contributed by atoms with E-state index in [1.807, 2.05) is 0 Å². The van der Waals surface area contributed by atoms with Crippen molar-refractivity contribution in [3.8, 4) is 0 Å². The normalized spacial score (nSPS) is 26.5. The fourth-order valence-electron chi connectivity index (χ4n) is 2.32. The highest BCUT2D eigenvalue weighted by Gasteiger charge is 2.33. The molecule has 1 heterocycles. The van der Waals surface area contributed by atoms with E-state index in [0.29, 0.717) is 22.9 Å². The van der Waals surface area contributed by atoms with Crippen LogP contribution in [0.5, 0.6) is 0 Å². The summed E-state index contributed by atoms with van der Waals surface area (Å²) in [6.45, 7) is 0. The van der Waals surface area contributed by atoms with Gasteiger partial charge in [-0.3, -0.25) is 0 Å². The molecular formula is C12H14FNO2S. The van der Waals surface area contributed by atoms with E-state index in [9.17, 15) is 12.8 Å². The van der Waals surface area contributed by atoms with E-state index in [2.05, 4.69) is 5.32 Å². The summed E-state index contributed by atoms with van der Waals surface area (Å²) in [5, 5.41) is 3.38. The molecular weight excluding hydrogens is 241 g/mol. The summed E-state index contributed by atoms with van der Waals surface area (Å²) in [6, 6.07) is 4.43. The molecule has 1 aromatic carbocycles. The molecule has 5 heteroatoms. The highest BCUT2D eigenvalue weighted by molar-refractivity contribution is 7.91. The highest BCUT2D eigenvalue weighted by atomic mass is 32.2. The van der Waals surface area contributed by atoms with E-state index in [0.717, 1.165) is 12.8 Å². The van der Waals surface area contributed by atoms with Crippen molar-refractivity contribution in [2.45, 2.75) is 36.2 Å². The van der Waals surface area contributed by atoms with Crippen molar-refractivity contribution in [3.05, 3.63) is 29.6 Å². The van der Waals surface area contributed by atoms with Gasteiger partial charge < -0.3 is 5.32 Å². The predicted octanol–water partition coefficient (Wildman–Crippen LogP) is 1.80. The van der Waals surface area contributed by atoms with Crippen LogP contribution in [0, 0.1) is 5.82 Å². The Morgan fingerprint density at radius 3 is 2.71 bits per heavy atom. The number of halogens is 1. The number of sulfone groups is 1. The Labute approximate surface area is 100.0 Å². The Bertz CT molecular complexity index is 552. The first-order chi connectivity index (χ1) is 8.06. The second-order valence-corrected chi connectivity index (χ2v) is 6.86. The van der Waals surface area contributed by atoms with Crippen LogP contribution in [0.25, 0.3) is 0 Å². The van der Waals surface area contributed by atoms with Crippen molar-refractivity contribution in [3.63, 3.8) is 0 Å². The number of rotatable bonds is 2. The van der Waals surface area contributed by atoms with E-state index in [1.165, 1.54) is 18.2 Å². The Balaban J connectivity index is 2.04. The molecule has 0 aromatic heterocycles. The molecule has 0 bridgehead atoms. The third kappa shape index (κ3) is 2.09. The summed E-state index contributed by atoms with van der Waals surface area (Å²) < 4.78 is 37.0. The van der Waals surface area contributed by atoms with E-state index in [1.54, 1.807) is 0 Å². The number of benzene rings is 1. The molecule has 1 aliphatic heterocycles. The Kier molecular flexibility index (Phi) is 2.48. The Morgan fingerprint density at radius 2 is 2.00 bits per heavy atom. The lowest BCUT2D eigenvalue weighted by atomic mass is 10.0. The minimum absolute atomic E-state index is 0.0169. The molecule has 1 aliphatic carbocycles. The highest BCUT2D eigenvalue weighted by Crippen LogP contribution is 2.35. The quantitative estimate of drug-likeness (QED) is 0.820. The number of hydrogen-bond acceptors (Lipinski definition) is 3. The van der Waals surface area contributed by atoms with E-state index in [4.69, 9.17) is 0 Å². The van der Waals surface area contributed by atoms with Gasteiger partial charge in [0.15, 0.2) is 9.84 Å². The van der Waals surface area contributed by atoms with Crippen LogP contribution in [0.4, 0.5) is 4.39 Å². The van der Waals surface area contributed by atoms with Crippen molar-refractivity contribution < 1.29 is 12.8 Å². The lowest BCUT2D eigenvalue weighted by molar-refractivity contribution is 0.485. The van der Waals surface area contributed by atoms with Gasteiger partial charge in [-0.25, -0.2) is 12.8 Å². The number of nitrogens with one attached hydrogen (secondary N) is 1. The minimum atomic E-state index is -3.21. The fraction of sp³-hybridized carbons (Fsp3) is 0.500. The summed E-state index contributed by atoms with van der Waals surface area (Å²) in [5.41, 5.74) is 0.600. The van der Waals surface area contributed by atoms with E-state index < -0.39 is 9.84 Å². The van der Waals surface area contributed by atoms with Crippen molar-refractivity contribution in [2.75, 3.05) is 5.75 Å². The predicted molar refractivity (Wildman–Crippen MR) is 62.0 cm³/mol. The third-order valence-electron chi connectivity index (χ3n) is 3.37. The standard InChI is InChI=1S/C12H14FNO2S/c13-8-1-4-12-10(7-8)11(14-9-2-3-9)5-6-17(12,15)16/h1,4,7,9,11,14H,2-3,5-6H2. The molecule has 1 atom stereocenters. The third-order valence-corrected chi connectivity index (χ3v) is 5.19. The Hall–Kier alpha value is -0.940. The molecule has 1 unspecified atom stereocenters. The first-order valence-electron chi connectivity index (χ1n) is 5.84.